The minimum Gasteiger partial charge on any atom is -0.532 e. The van der Waals surface area contributed by atoms with E-state index >= 15 is 0 Å². The smallest absolute Gasteiger partial charge is 0.323 e. The first-order chi connectivity index (χ1) is 10.5. The van der Waals surface area contributed by atoms with Crippen molar-refractivity contribution in [3.8, 4) is 11.5 Å². The van der Waals surface area contributed by atoms with Crippen molar-refractivity contribution >= 4 is 16.6 Å². The maximum absolute atomic E-state index is 5.99. The fourth-order valence-corrected chi connectivity index (χ4v) is 4.32. The lowest BCUT2D eigenvalue weighted by Gasteiger charge is -2.23. The Hall–Kier alpha value is -2.31. The molecule has 0 heterocycles. The van der Waals surface area contributed by atoms with Gasteiger partial charge in [-0.2, -0.15) is 0 Å². The monoisotopic (exact) mass is 326 g/mol. The molecule has 4 heteroatoms. The Bertz CT molecular complexity index is 491. The molecule has 0 aliphatic rings. The molecule has 0 aliphatic carbocycles. The molecule has 0 saturated carbocycles. The summed E-state index contributed by atoms with van der Waals surface area (Å²) in [5, 5.41) is 0. The zero-order valence-electron chi connectivity index (χ0n) is 12.8. The third kappa shape index (κ3) is 3.87. The average Bonchev–Trinajstić information content (AvgIpc) is 2.59. The molecule has 1 rings (SSSR count). The summed E-state index contributed by atoms with van der Waals surface area (Å²) in [6.45, 7) is 22.9. The van der Waals surface area contributed by atoms with E-state index in [0.29, 0.717) is 0 Å². The van der Waals surface area contributed by atoms with Crippen molar-refractivity contribution in [2.24, 2.45) is 0 Å². The summed E-state index contributed by atoms with van der Waals surface area (Å²) in [6, 6.07) is 7.40. The van der Waals surface area contributed by atoms with E-state index < -0.39 is 16.6 Å². The van der Waals surface area contributed by atoms with Gasteiger partial charge in [-0.3, -0.25) is 0 Å². The second-order valence-electron chi connectivity index (χ2n) is 4.61. The van der Waals surface area contributed by atoms with Crippen molar-refractivity contribution in [1.82, 2.24) is 0 Å². The van der Waals surface area contributed by atoms with Crippen molar-refractivity contribution < 1.29 is 8.85 Å². The summed E-state index contributed by atoms with van der Waals surface area (Å²) < 4.78 is 12.0. The molecule has 1 aromatic carbocycles. The summed E-state index contributed by atoms with van der Waals surface area (Å²) in [7, 11) is -4.66. The Labute approximate surface area is 135 Å². The maximum Gasteiger partial charge on any atom is 0.323 e. The summed E-state index contributed by atoms with van der Waals surface area (Å²) in [5.41, 5.74) is 10.7. The lowest BCUT2D eigenvalue weighted by molar-refractivity contribution is 0.558. The van der Waals surface area contributed by atoms with Gasteiger partial charge in [0.05, 0.1) is 0 Å². The number of hydrogen-bond donors (Lipinski definition) is 0. The van der Waals surface area contributed by atoms with E-state index in [0.717, 1.165) is 11.5 Å². The fraction of sp³-hybridized carbons (Fsp3) is 0. The predicted molar refractivity (Wildman–Crippen MR) is 100 cm³/mol. The topological polar surface area (TPSA) is 18.5 Å². The molecule has 0 N–H and O–H groups in total. The van der Waals surface area contributed by atoms with Gasteiger partial charge in [-0.1, -0.05) is 34.2 Å². The molecule has 0 atom stereocenters. The second-order valence-corrected chi connectivity index (χ2v) is 10.9. The normalized spacial score (nSPS) is 10.9. The number of rotatable bonds is 10. The molecule has 0 radical (unpaired) electrons. The van der Waals surface area contributed by atoms with Gasteiger partial charge in [-0.15, -0.1) is 39.5 Å². The van der Waals surface area contributed by atoms with Crippen LogP contribution in [0.25, 0.3) is 0 Å². The highest BCUT2D eigenvalue weighted by Crippen LogP contribution is 2.24. The molecule has 1 aromatic rings. The molecule has 2 nitrogen and oxygen atoms in total. The number of benzene rings is 1. The quantitative estimate of drug-likeness (QED) is 0.581. The Morgan fingerprint density at radius 2 is 0.773 bits per heavy atom. The van der Waals surface area contributed by atoms with Crippen LogP contribution in [0.3, 0.4) is 0 Å². The van der Waals surface area contributed by atoms with E-state index in [2.05, 4.69) is 39.5 Å². The van der Waals surface area contributed by atoms with Gasteiger partial charge in [-0.05, 0) is 24.3 Å². The lowest BCUT2D eigenvalue weighted by Crippen LogP contribution is -2.36. The summed E-state index contributed by atoms with van der Waals surface area (Å²) >= 11 is 0. The van der Waals surface area contributed by atoms with Crippen LogP contribution >= 0.6 is 0 Å². The van der Waals surface area contributed by atoms with Crippen LogP contribution in [0.2, 0.25) is 0 Å². The molecule has 0 amide bonds. The van der Waals surface area contributed by atoms with Crippen molar-refractivity contribution in [2.75, 3.05) is 0 Å². The Kier molecular flexibility index (Phi) is 6.15. The van der Waals surface area contributed by atoms with Crippen LogP contribution in [0.1, 0.15) is 0 Å². The van der Waals surface area contributed by atoms with Crippen LogP contribution < -0.4 is 8.85 Å². The maximum atomic E-state index is 5.99. The van der Waals surface area contributed by atoms with Crippen LogP contribution in [0.5, 0.6) is 11.5 Å². The molecule has 0 spiro atoms. The zero-order chi connectivity index (χ0) is 16.6. The van der Waals surface area contributed by atoms with Crippen LogP contribution in [0.4, 0.5) is 0 Å². The molecule has 0 aliphatic heterocycles. The van der Waals surface area contributed by atoms with Crippen LogP contribution in [0, 0.1) is 0 Å². The Morgan fingerprint density at radius 3 is 0.955 bits per heavy atom. The summed E-state index contributed by atoms with van der Waals surface area (Å²) in [4.78, 5) is 0. The number of hydrogen-bond acceptors (Lipinski definition) is 2. The average molecular weight is 327 g/mol. The third-order valence-electron chi connectivity index (χ3n) is 3.33. The summed E-state index contributed by atoms with van der Waals surface area (Å²) in [6.07, 6.45) is 0. The van der Waals surface area contributed by atoms with E-state index in [1.54, 1.807) is 34.2 Å². The minimum atomic E-state index is -2.33. The van der Waals surface area contributed by atoms with Gasteiger partial charge in [-0.25, -0.2) is 0 Å². The first-order valence-corrected chi connectivity index (χ1v) is 11.1. The highest BCUT2D eigenvalue weighted by molar-refractivity contribution is 6.88. The first-order valence-electron chi connectivity index (χ1n) is 6.82. The van der Waals surface area contributed by atoms with Gasteiger partial charge in [0.1, 0.15) is 11.5 Å². The largest absolute Gasteiger partial charge is 0.532 e. The third-order valence-corrected chi connectivity index (χ3v) is 8.33. The van der Waals surface area contributed by atoms with E-state index in [1.807, 2.05) is 24.3 Å². The van der Waals surface area contributed by atoms with Gasteiger partial charge >= 0.3 is 16.6 Å². The van der Waals surface area contributed by atoms with Gasteiger partial charge in [0.15, 0.2) is 0 Å². The van der Waals surface area contributed by atoms with Crippen molar-refractivity contribution in [1.29, 1.82) is 0 Å². The highest BCUT2D eigenvalue weighted by Gasteiger charge is 2.27. The molecule has 22 heavy (non-hydrogen) atoms. The molecule has 0 bridgehead atoms. The molecular weight excluding hydrogens is 304 g/mol. The van der Waals surface area contributed by atoms with Gasteiger partial charge < -0.3 is 8.85 Å². The van der Waals surface area contributed by atoms with Gasteiger partial charge in [0.25, 0.3) is 0 Å². The summed E-state index contributed by atoms with van der Waals surface area (Å²) in [5.74, 6) is 1.45. The first kappa shape index (κ1) is 17.7. The Morgan fingerprint density at radius 1 is 0.545 bits per heavy atom. The minimum absolute atomic E-state index is 0.724. The van der Waals surface area contributed by atoms with Crippen LogP contribution in [-0.4, -0.2) is 16.6 Å². The molecule has 114 valence electrons. The van der Waals surface area contributed by atoms with Gasteiger partial charge in [0, 0.05) is 0 Å². The van der Waals surface area contributed by atoms with Crippen molar-refractivity contribution in [3.63, 3.8) is 0 Å². The lowest BCUT2D eigenvalue weighted by atomic mass is 10.3. The standard InChI is InChI=1S/C18H22O2Si2/c1-7-21(8-2,9-3)19-17-13-15-18(16-14-17)20-22(10-4,11-5)12-6/h7-16H,1-6H2. The molecular formula is C18H22O2Si2. The molecule has 0 aromatic heterocycles. The SMILES string of the molecule is C=C[Si](C=C)(C=C)Oc1ccc(O[Si](C=C)(C=C)C=C)cc1. The van der Waals surface area contributed by atoms with Crippen LogP contribution in [0.15, 0.2) is 97.9 Å². The molecule has 0 saturated heterocycles. The second kappa shape index (κ2) is 7.63. The molecule has 0 unspecified atom stereocenters. The zero-order valence-corrected chi connectivity index (χ0v) is 14.8. The highest BCUT2D eigenvalue weighted by atomic mass is 28.4. The predicted octanol–water partition coefficient (Wildman–Crippen LogP) is 4.69. The van der Waals surface area contributed by atoms with Crippen molar-refractivity contribution in [3.05, 3.63) is 97.9 Å². The van der Waals surface area contributed by atoms with E-state index in [-0.39, 0.29) is 0 Å². The Balaban J connectivity index is 2.96. The fourth-order valence-electron chi connectivity index (χ4n) is 1.73. The van der Waals surface area contributed by atoms with E-state index in [9.17, 15) is 0 Å². The van der Waals surface area contributed by atoms with E-state index in [4.69, 9.17) is 8.85 Å². The molecule has 0 fully saturated rings. The van der Waals surface area contributed by atoms with Gasteiger partial charge in [0.2, 0.25) is 0 Å². The van der Waals surface area contributed by atoms with E-state index in [1.165, 1.54) is 0 Å². The van der Waals surface area contributed by atoms with Crippen molar-refractivity contribution in [2.45, 2.75) is 0 Å². The van der Waals surface area contributed by atoms with Crippen LogP contribution in [-0.2, 0) is 0 Å².